The van der Waals surface area contributed by atoms with Gasteiger partial charge in [-0.2, -0.15) is 0 Å². The van der Waals surface area contributed by atoms with Crippen LogP contribution in [-0.4, -0.2) is 48.1 Å². The van der Waals surface area contributed by atoms with Gasteiger partial charge in [0.25, 0.3) is 5.91 Å². The number of amides is 2. The minimum atomic E-state index is -0.281. The molecule has 1 heterocycles. The Kier molecular flexibility index (Phi) is 10.2. The van der Waals surface area contributed by atoms with Gasteiger partial charge in [0.15, 0.2) is 0 Å². The summed E-state index contributed by atoms with van der Waals surface area (Å²) in [6.45, 7) is 3.04. The minimum Gasteiger partial charge on any atom is -0.497 e. The minimum absolute atomic E-state index is 0.00571. The van der Waals surface area contributed by atoms with Crippen LogP contribution in [0.15, 0.2) is 73.1 Å². The van der Waals surface area contributed by atoms with Crippen LogP contribution < -0.4 is 20.2 Å². The number of nitrogens with one attached hydrogen (secondary N) is 2. The maximum atomic E-state index is 13.5. The number of rotatable bonds is 12. The van der Waals surface area contributed by atoms with Crippen LogP contribution in [0, 0.1) is 5.92 Å². The first-order chi connectivity index (χ1) is 19.1. The van der Waals surface area contributed by atoms with Gasteiger partial charge in [-0.1, -0.05) is 12.8 Å². The fraction of sp³-hybridized carbons (Fsp3) is 0.387. The van der Waals surface area contributed by atoms with Crippen molar-refractivity contribution in [2.24, 2.45) is 5.92 Å². The molecule has 1 saturated carbocycles. The van der Waals surface area contributed by atoms with Crippen LogP contribution >= 0.6 is 0 Å². The highest BCUT2D eigenvalue weighted by Crippen LogP contribution is 2.27. The number of hydrogen-bond acceptors (Lipinski definition) is 6. The van der Waals surface area contributed by atoms with Gasteiger partial charge in [-0.3, -0.25) is 25.0 Å². The van der Waals surface area contributed by atoms with E-state index in [1.54, 1.807) is 36.6 Å². The third kappa shape index (κ3) is 7.96. The Hall–Kier alpha value is -4.07. The summed E-state index contributed by atoms with van der Waals surface area (Å²) in [5.41, 5.74) is 5.82. The third-order valence-electron chi connectivity index (χ3n) is 7.08. The Balaban J connectivity index is 1.30. The Morgan fingerprint density at radius 3 is 2.33 bits per heavy atom. The molecule has 3 aromatic rings. The molecule has 0 saturated heterocycles. The quantitative estimate of drug-likeness (QED) is 0.245. The molecule has 8 heteroatoms. The van der Waals surface area contributed by atoms with Gasteiger partial charge in [-0.15, -0.1) is 0 Å². The van der Waals surface area contributed by atoms with Gasteiger partial charge in [0.05, 0.1) is 25.3 Å². The SMILES string of the molecule is CCN(Nc1ccc(OC)cc1)C(=O)[C@@H]1CCCC[C@@H]1NC(=O)c1ccc(OCCCc2ccncc2)cc1. The molecule has 4 rings (SSSR count). The van der Waals surface area contributed by atoms with E-state index in [0.717, 1.165) is 55.7 Å². The lowest BCUT2D eigenvalue weighted by atomic mass is 9.83. The van der Waals surface area contributed by atoms with Gasteiger partial charge in [0, 0.05) is 30.5 Å². The van der Waals surface area contributed by atoms with E-state index in [9.17, 15) is 9.59 Å². The number of hydrogen-bond donors (Lipinski definition) is 2. The van der Waals surface area contributed by atoms with Crippen molar-refractivity contribution in [3.8, 4) is 11.5 Å². The first kappa shape index (κ1) is 28.0. The van der Waals surface area contributed by atoms with Crippen molar-refractivity contribution in [1.29, 1.82) is 0 Å². The number of aromatic nitrogens is 1. The van der Waals surface area contributed by atoms with Crippen molar-refractivity contribution in [3.05, 3.63) is 84.2 Å². The van der Waals surface area contributed by atoms with Gasteiger partial charge in [-0.25, -0.2) is 0 Å². The van der Waals surface area contributed by atoms with Gasteiger partial charge in [-0.05, 0) is 98.8 Å². The maximum Gasteiger partial charge on any atom is 0.251 e. The largest absolute Gasteiger partial charge is 0.497 e. The molecule has 2 atom stereocenters. The van der Waals surface area contributed by atoms with Crippen LogP contribution in [0.25, 0.3) is 0 Å². The first-order valence-corrected chi connectivity index (χ1v) is 13.7. The van der Waals surface area contributed by atoms with E-state index < -0.39 is 0 Å². The number of pyridine rings is 1. The predicted molar refractivity (Wildman–Crippen MR) is 152 cm³/mol. The number of anilines is 1. The second-order valence-electron chi connectivity index (χ2n) is 9.73. The summed E-state index contributed by atoms with van der Waals surface area (Å²) in [5.74, 6) is 1.03. The Labute approximate surface area is 230 Å². The van der Waals surface area contributed by atoms with E-state index in [-0.39, 0.29) is 23.8 Å². The molecular weight excluding hydrogens is 492 g/mol. The molecule has 1 aromatic heterocycles. The lowest BCUT2D eigenvalue weighted by Gasteiger charge is -2.35. The molecule has 0 unspecified atom stereocenters. The van der Waals surface area contributed by atoms with Crippen molar-refractivity contribution in [2.75, 3.05) is 25.7 Å². The zero-order chi connectivity index (χ0) is 27.5. The normalized spacial score (nSPS) is 16.7. The summed E-state index contributed by atoms with van der Waals surface area (Å²) < 4.78 is 11.1. The molecule has 1 aliphatic rings. The highest BCUT2D eigenvalue weighted by molar-refractivity contribution is 5.95. The molecule has 0 radical (unpaired) electrons. The molecule has 1 fully saturated rings. The molecule has 2 N–H and O–H groups in total. The number of aryl methyl sites for hydroxylation is 1. The summed E-state index contributed by atoms with van der Waals surface area (Å²) in [6.07, 6.45) is 8.89. The van der Waals surface area contributed by atoms with Crippen molar-refractivity contribution < 1.29 is 19.1 Å². The van der Waals surface area contributed by atoms with Crippen LogP contribution in [0.4, 0.5) is 5.69 Å². The number of carbonyl (C=O) groups is 2. The summed E-state index contributed by atoms with van der Waals surface area (Å²) >= 11 is 0. The van der Waals surface area contributed by atoms with E-state index in [4.69, 9.17) is 9.47 Å². The standard InChI is InChI=1S/C31H38N4O4/c1-3-35(34-25-12-16-26(38-2)17-13-25)31(37)28-8-4-5-9-29(28)33-30(36)24-10-14-27(15-11-24)39-22-6-7-23-18-20-32-21-19-23/h10-21,28-29,34H,3-9,22H2,1-2H3,(H,33,36)/t28-,29+/m1/s1. The lowest BCUT2D eigenvalue weighted by molar-refractivity contribution is -0.135. The molecule has 2 amide bonds. The van der Waals surface area contributed by atoms with Crippen molar-refractivity contribution in [2.45, 2.75) is 51.5 Å². The van der Waals surface area contributed by atoms with Crippen LogP contribution in [0.1, 0.15) is 54.9 Å². The van der Waals surface area contributed by atoms with Crippen LogP contribution in [0.3, 0.4) is 0 Å². The molecule has 8 nitrogen and oxygen atoms in total. The van der Waals surface area contributed by atoms with E-state index in [2.05, 4.69) is 15.7 Å². The summed E-state index contributed by atoms with van der Waals surface area (Å²) in [4.78, 5) is 30.6. The zero-order valence-corrected chi connectivity index (χ0v) is 22.8. The Morgan fingerprint density at radius 2 is 1.64 bits per heavy atom. The van der Waals surface area contributed by atoms with Crippen molar-refractivity contribution in [3.63, 3.8) is 0 Å². The summed E-state index contributed by atoms with van der Waals surface area (Å²) in [6, 6.07) is 18.5. The Bertz CT molecular complexity index is 1190. The number of benzene rings is 2. The fourth-order valence-corrected chi connectivity index (χ4v) is 4.88. The van der Waals surface area contributed by atoms with Crippen molar-refractivity contribution in [1.82, 2.24) is 15.3 Å². The van der Waals surface area contributed by atoms with E-state index in [1.807, 2.05) is 55.5 Å². The van der Waals surface area contributed by atoms with Crippen LogP contribution in [0.2, 0.25) is 0 Å². The highest BCUT2D eigenvalue weighted by Gasteiger charge is 2.34. The topological polar surface area (TPSA) is 92.8 Å². The molecule has 206 valence electrons. The van der Waals surface area contributed by atoms with E-state index >= 15 is 0 Å². The molecule has 39 heavy (non-hydrogen) atoms. The smallest absolute Gasteiger partial charge is 0.251 e. The van der Waals surface area contributed by atoms with Gasteiger partial charge in [0.1, 0.15) is 11.5 Å². The maximum absolute atomic E-state index is 13.5. The van der Waals surface area contributed by atoms with E-state index in [1.165, 1.54) is 5.56 Å². The molecule has 1 aliphatic carbocycles. The average molecular weight is 531 g/mol. The summed E-state index contributed by atoms with van der Waals surface area (Å²) in [7, 11) is 1.62. The monoisotopic (exact) mass is 530 g/mol. The number of nitrogens with zero attached hydrogens (tertiary/aromatic N) is 2. The zero-order valence-electron chi connectivity index (χ0n) is 22.8. The average Bonchev–Trinajstić information content (AvgIpc) is 2.99. The van der Waals surface area contributed by atoms with Gasteiger partial charge >= 0.3 is 0 Å². The third-order valence-corrected chi connectivity index (χ3v) is 7.08. The highest BCUT2D eigenvalue weighted by atomic mass is 16.5. The van der Waals surface area contributed by atoms with Crippen LogP contribution in [-0.2, 0) is 11.2 Å². The number of carbonyl (C=O) groups excluding carboxylic acids is 2. The van der Waals surface area contributed by atoms with Gasteiger partial charge in [0.2, 0.25) is 5.91 Å². The number of hydrazine groups is 1. The summed E-state index contributed by atoms with van der Waals surface area (Å²) in [5, 5.41) is 4.77. The first-order valence-electron chi connectivity index (χ1n) is 13.7. The molecule has 0 aliphatic heterocycles. The van der Waals surface area contributed by atoms with Crippen LogP contribution in [0.5, 0.6) is 11.5 Å². The lowest BCUT2D eigenvalue weighted by Crippen LogP contribution is -2.50. The predicted octanol–water partition coefficient (Wildman–Crippen LogP) is 5.27. The Morgan fingerprint density at radius 1 is 0.949 bits per heavy atom. The second kappa shape index (κ2) is 14.2. The van der Waals surface area contributed by atoms with Gasteiger partial charge < -0.3 is 14.8 Å². The molecule has 0 bridgehead atoms. The van der Waals surface area contributed by atoms with Crippen molar-refractivity contribution >= 4 is 17.5 Å². The molecular formula is C31H38N4O4. The van der Waals surface area contributed by atoms with E-state index in [0.29, 0.717) is 18.7 Å². The second-order valence-corrected chi connectivity index (χ2v) is 9.73. The molecule has 0 spiro atoms. The molecule has 2 aromatic carbocycles. The number of methoxy groups -OCH3 is 1. The number of ether oxygens (including phenoxy) is 2. The fourth-order valence-electron chi connectivity index (χ4n) is 4.88.